The molecule has 0 spiro atoms. The van der Waals surface area contributed by atoms with E-state index in [-0.39, 0.29) is 12.1 Å². The fourth-order valence-electron chi connectivity index (χ4n) is 1.63. The molecule has 1 fully saturated rings. The van der Waals surface area contributed by atoms with Gasteiger partial charge in [0.1, 0.15) is 0 Å². The van der Waals surface area contributed by atoms with Crippen molar-refractivity contribution in [1.29, 1.82) is 0 Å². The molecule has 78 valence electrons. The SMILES string of the molecule is NNC(c1ccc[nH]1)C1CSCCO1. The third-order valence-corrected chi connectivity index (χ3v) is 3.37. The van der Waals surface area contributed by atoms with Crippen LogP contribution >= 0.6 is 11.8 Å². The number of nitrogens with two attached hydrogens (primary N) is 1. The van der Waals surface area contributed by atoms with Crippen molar-refractivity contribution in [2.24, 2.45) is 5.84 Å². The minimum atomic E-state index is 0.0674. The van der Waals surface area contributed by atoms with Gasteiger partial charge in [-0.25, -0.2) is 5.43 Å². The second-order valence-electron chi connectivity index (χ2n) is 3.25. The summed E-state index contributed by atoms with van der Waals surface area (Å²) < 4.78 is 5.67. The second kappa shape index (κ2) is 4.84. The quantitative estimate of drug-likeness (QED) is 0.509. The monoisotopic (exact) mass is 213 g/mol. The standard InChI is InChI=1S/C9H15N3OS/c10-12-9(7-2-1-3-11-7)8-6-14-5-4-13-8/h1-3,8-9,11-12H,4-6,10H2. The Bertz CT molecular complexity index is 259. The minimum Gasteiger partial charge on any atom is -0.374 e. The van der Waals surface area contributed by atoms with Crippen LogP contribution < -0.4 is 11.3 Å². The molecule has 1 aliphatic rings. The van der Waals surface area contributed by atoms with Crippen molar-refractivity contribution in [1.82, 2.24) is 10.4 Å². The van der Waals surface area contributed by atoms with E-state index in [1.54, 1.807) is 0 Å². The lowest BCUT2D eigenvalue weighted by Gasteiger charge is -2.29. The molecule has 0 radical (unpaired) electrons. The number of rotatable bonds is 3. The number of ether oxygens (including phenoxy) is 1. The number of aromatic nitrogens is 1. The van der Waals surface area contributed by atoms with Crippen molar-refractivity contribution < 1.29 is 4.74 Å². The first-order valence-electron chi connectivity index (χ1n) is 4.70. The van der Waals surface area contributed by atoms with Crippen LogP contribution in [0.25, 0.3) is 0 Å². The first-order chi connectivity index (χ1) is 6.92. The van der Waals surface area contributed by atoms with Gasteiger partial charge in [0.05, 0.1) is 18.8 Å². The maximum absolute atomic E-state index is 5.67. The molecule has 0 bridgehead atoms. The number of thioether (sulfide) groups is 1. The Balaban J connectivity index is 2.04. The lowest BCUT2D eigenvalue weighted by atomic mass is 10.1. The topological polar surface area (TPSA) is 63.1 Å². The zero-order valence-electron chi connectivity index (χ0n) is 7.90. The summed E-state index contributed by atoms with van der Waals surface area (Å²) in [6.45, 7) is 0.814. The molecule has 2 atom stereocenters. The molecule has 1 aromatic heterocycles. The molecule has 5 heteroatoms. The highest BCUT2D eigenvalue weighted by Crippen LogP contribution is 2.23. The van der Waals surface area contributed by atoms with Crippen molar-refractivity contribution in [3.63, 3.8) is 0 Å². The van der Waals surface area contributed by atoms with E-state index in [0.717, 1.165) is 23.8 Å². The Morgan fingerprint density at radius 3 is 3.21 bits per heavy atom. The maximum Gasteiger partial charge on any atom is 0.0887 e. The fourth-order valence-corrected chi connectivity index (χ4v) is 2.54. The number of H-pyrrole nitrogens is 1. The predicted molar refractivity (Wildman–Crippen MR) is 57.9 cm³/mol. The van der Waals surface area contributed by atoms with E-state index in [4.69, 9.17) is 10.6 Å². The summed E-state index contributed by atoms with van der Waals surface area (Å²) in [6.07, 6.45) is 2.06. The van der Waals surface area contributed by atoms with Crippen LogP contribution in [0.3, 0.4) is 0 Å². The van der Waals surface area contributed by atoms with Gasteiger partial charge in [-0.15, -0.1) is 0 Å². The van der Waals surface area contributed by atoms with Gasteiger partial charge in [0.25, 0.3) is 0 Å². The summed E-state index contributed by atoms with van der Waals surface area (Å²) in [4.78, 5) is 3.15. The zero-order valence-corrected chi connectivity index (χ0v) is 8.72. The van der Waals surface area contributed by atoms with Gasteiger partial charge in [-0.05, 0) is 12.1 Å². The molecule has 1 saturated heterocycles. The van der Waals surface area contributed by atoms with Gasteiger partial charge in [-0.1, -0.05) is 0 Å². The Hall–Kier alpha value is -0.490. The summed E-state index contributed by atoms with van der Waals surface area (Å²) in [5.74, 6) is 7.61. The first-order valence-corrected chi connectivity index (χ1v) is 5.86. The second-order valence-corrected chi connectivity index (χ2v) is 4.40. The molecule has 0 aliphatic carbocycles. The van der Waals surface area contributed by atoms with E-state index in [0.29, 0.717) is 0 Å². The van der Waals surface area contributed by atoms with Crippen molar-refractivity contribution >= 4 is 11.8 Å². The molecule has 0 amide bonds. The highest BCUT2D eigenvalue weighted by molar-refractivity contribution is 7.99. The Morgan fingerprint density at radius 1 is 1.71 bits per heavy atom. The van der Waals surface area contributed by atoms with Crippen molar-refractivity contribution in [3.8, 4) is 0 Å². The van der Waals surface area contributed by atoms with Gasteiger partial charge < -0.3 is 9.72 Å². The van der Waals surface area contributed by atoms with Crippen LogP contribution in [0.1, 0.15) is 11.7 Å². The zero-order chi connectivity index (χ0) is 9.80. The normalized spacial score (nSPS) is 24.8. The third-order valence-electron chi connectivity index (χ3n) is 2.35. The predicted octanol–water partition coefficient (Wildman–Crippen LogP) is 0.651. The van der Waals surface area contributed by atoms with E-state index < -0.39 is 0 Å². The number of hydrogen-bond acceptors (Lipinski definition) is 4. The minimum absolute atomic E-state index is 0.0674. The van der Waals surface area contributed by atoms with E-state index >= 15 is 0 Å². The van der Waals surface area contributed by atoms with E-state index in [1.165, 1.54) is 0 Å². The Kier molecular flexibility index (Phi) is 3.47. The highest BCUT2D eigenvalue weighted by atomic mass is 32.2. The van der Waals surface area contributed by atoms with E-state index in [2.05, 4.69) is 10.4 Å². The van der Waals surface area contributed by atoms with Crippen LogP contribution in [0.4, 0.5) is 0 Å². The molecule has 4 N–H and O–H groups in total. The molecule has 2 unspecified atom stereocenters. The largest absolute Gasteiger partial charge is 0.374 e. The summed E-state index contributed by atoms with van der Waals surface area (Å²) in [6, 6.07) is 4.06. The summed E-state index contributed by atoms with van der Waals surface area (Å²) in [5, 5.41) is 0. The molecule has 0 aromatic carbocycles. The van der Waals surface area contributed by atoms with Crippen molar-refractivity contribution in [3.05, 3.63) is 24.0 Å². The average Bonchev–Trinajstić information content (AvgIpc) is 2.74. The molecule has 2 heterocycles. The molecular weight excluding hydrogens is 198 g/mol. The lowest BCUT2D eigenvalue weighted by molar-refractivity contribution is 0.0458. The molecule has 4 nitrogen and oxygen atoms in total. The molecule has 1 aliphatic heterocycles. The third kappa shape index (κ3) is 2.12. The number of hydrazine groups is 1. The van der Waals surface area contributed by atoms with Gasteiger partial charge in [0, 0.05) is 23.4 Å². The average molecular weight is 213 g/mol. The first kappa shape index (κ1) is 10.0. The Labute approximate surface area is 87.6 Å². The number of nitrogens with one attached hydrogen (secondary N) is 2. The highest BCUT2D eigenvalue weighted by Gasteiger charge is 2.25. The van der Waals surface area contributed by atoms with Gasteiger partial charge >= 0.3 is 0 Å². The Morgan fingerprint density at radius 2 is 2.64 bits per heavy atom. The van der Waals surface area contributed by atoms with Crippen molar-refractivity contribution in [2.45, 2.75) is 12.1 Å². The summed E-state index contributed by atoms with van der Waals surface area (Å²) in [7, 11) is 0. The van der Waals surface area contributed by atoms with Crippen LogP contribution in [-0.2, 0) is 4.74 Å². The summed E-state index contributed by atoms with van der Waals surface area (Å²) in [5.41, 5.74) is 3.89. The lowest BCUT2D eigenvalue weighted by Crippen LogP contribution is -2.41. The van der Waals surface area contributed by atoms with E-state index in [1.807, 2.05) is 30.1 Å². The van der Waals surface area contributed by atoms with Gasteiger partial charge in [-0.3, -0.25) is 5.84 Å². The van der Waals surface area contributed by atoms with Crippen LogP contribution in [-0.4, -0.2) is 29.2 Å². The molecule has 1 aromatic rings. The van der Waals surface area contributed by atoms with Crippen LogP contribution in [0.2, 0.25) is 0 Å². The maximum atomic E-state index is 5.67. The van der Waals surface area contributed by atoms with Crippen LogP contribution in [0, 0.1) is 0 Å². The fraction of sp³-hybridized carbons (Fsp3) is 0.556. The van der Waals surface area contributed by atoms with Crippen molar-refractivity contribution in [2.75, 3.05) is 18.1 Å². The van der Waals surface area contributed by atoms with Gasteiger partial charge in [-0.2, -0.15) is 11.8 Å². The van der Waals surface area contributed by atoms with Gasteiger partial charge in [0.2, 0.25) is 0 Å². The smallest absolute Gasteiger partial charge is 0.0887 e. The van der Waals surface area contributed by atoms with Gasteiger partial charge in [0.15, 0.2) is 0 Å². The summed E-state index contributed by atoms with van der Waals surface area (Å²) >= 11 is 1.91. The number of aromatic amines is 1. The number of hydrogen-bond donors (Lipinski definition) is 3. The van der Waals surface area contributed by atoms with E-state index in [9.17, 15) is 0 Å². The molecular formula is C9H15N3OS. The van der Waals surface area contributed by atoms with Crippen LogP contribution in [0.15, 0.2) is 18.3 Å². The molecule has 0 saturated carbocycles. The molecule has 2 rings (SSSR count). The molecule has 14 heavy (non-hydrogen) atoms. The van der Waals surface area contributed by atoms with Crippen LogP contribution in [0.5, 0.6) is 0 Å².